The molecule has 68 valence electrons. The van der Waals surface area contributed by atoms with E-state index in [9.17, 15) is 0 Å². The van der Waals surface area contributed by atoms with E-state index >= 15 is 0 Å². The first kappa shape index (κ1) is 11.2. The lowest BCUT2D eigenvalue weighted by atomic mass is 10.1. The molecule has 0 aliphatic carbocycles. The Morgan fingerprint density at radius 1 is 1.45 bits per heavy atom. The molecule has 0 amide bonds. The molecule has 1 N–H and O–H groups in total. The molecule has 2 atom stereocenters. The van der Waals surface area contributed by atoms with Crippen LogP contribution in [-0.4, -0.2) is 30.3 Å². The normalized spacial score (nSPS) is 16.4. The average molecular weight is 181 g/mol. The van der Waals surface area contributed by atoms with Gasteiger partial charge in [-0.15, -0.1) is 11.6 Å². The molecule has 0 aliphatic rings. The van der Waals surface area contributed by atoms with E-state index in [1.54, 1.807) is 0 Å². The topological polar surface area (TPSA) is 29.5 Å². The molecule has 0 aromatic carbocycles. The smallest absolute Gasteiger partial charge is 0.0908 e. The van der Waals surface area contributed by atoms with E-state index in [4.69, 9.17) is 21.4 Å². The number of ether oxygens (including phenoxy) is 1. The SMILES string of the molecule is CC[C@@H](C)COC[C@H](O)CCl. The Morgan fingerprint density at radius 3 is 2.55 bits per heavy atom. The molecule has 2 nitrogen and oxygen atoms in total. The molecule has 0 unspecified atom stereocenters. The molecular weight excluding hydrogens is 164 g/mol. The molecule has 0 bridgehead atoms. The molecule has 0 radical (unpaired) electrons. The fraction of sp³-hybridized carbons (Fsp3) is 1.00. The highest BCUT2D eigenvalue weighted by atomic mass is 35.5. The van der Waals surface area contributed by atoms with Gasteiger partial charge in [0, 0.05) is 6.61 Å². The Hall–Kier alpha value is 0.210. The summed E-state index contributed by atoms with van der Waals surface area (Å²) in [6.45, 7) is 5.30. The highest BCUT2D eigenvalue weighted by Gasteiger charge is 2.03. The summed E-state index contributed by atoms with van der Waals surface area (Å²) in [5.74, 6) is 0.818. The molecular formula is C8H17ClO2. The molecule has 0 aliphatic heterocycles. The van der Waals surface area contributed by atoms with E-state index in [0.717, 1.165) is 6.42 Å². The Balaban J connectivity index is 3.13. The van der Waals surface area contributed by atoms with Crippen LogP contribution < -0.4 is 0 Å². The minimum absolute atomic E-state index is 0.251. The highest BCUT2D eigenvalue weighted by molar-refractivity contribution is 6.18. The lowest BCUT2D eigenvalue weighted by Crippen LogP contribution is -2.18. The molecule has 0 rings (SSSR count). The molecule has 0 fully saturated rings. The van der Waals surface area contributed by atoms with Crippen molar-refractivity contribution in [3.05, 3.63) is 0 Å². The Kier molecular flexibility index (Phi) is 7.02. The largest absolute Gasteiger partial charge is 0.389 e. The number of aliphatic hydroxyl groups excluding tert-OH is 1. The van der Waals surface area contributed by atoms with Crippen LogP contribution in [0.3, 0.4) is 0 Å². The maximum Gasteiger partial charge on any atom is 0.0908 e. The second-order valence-corrected chi connectivity index (χ2v) is 3.17. The van der Waals surface area contributed by atoms with E-state index in [2.05, 4.69) is 13.8 Å². The first-order valence-electron chi connectivity index (χ1n) is 4.02. The van der Waals surface area contributed by atoms with Crippen LogP contribution in [0.5, 0.6) is 0 Å². The zero-order chi connectivity index (χ0) is 8.69. The van der Waals surface area contributed by atoms with Gasteiger partial charge in [0.15, 0.2) is 0 Å². The van der Waals surface area contributed by atoms with Crippen LogP contribution in [0.25, 0.3) is 0 Å². The van der Waals surface area contributed by atoms with Crippen molar-refractivity contribution in [2.75, 3.05) is 19.1 Å². The molecule has 0 spiro atoms. The Labute approximate surface area is 73.5 Å². The maximum absolute atomic E-state index is 8.99. The molecule has 0 saturated heterocycles. The summed E-state index contributed by atoms with van der Waals surface area (Å²) in [6.07, 6.45) is 0.595. The van der Waals surface area contributed by atoms with Gasteiger partial charge in [-0.3, -0.25) is 0 Å². The van der Waals surface area contributed by atoms with E-state index in [1.807, 2.05) is 0 Å². The third kappa shape index (κ3) is 6.60. The molecule has 0 heterocycles. The van der Waals surface area contributed by atoms with E-state index in [0.29, 0.717) is 19.1 Å². The first-order chi connectivity index (χ1) is 5.20. The predicted molar refractivity (Wildman–Crippen MR) is 47.0 cm³/mol. The van der Waals surface area contributed by atoms with E-state index < -0.39 is 6.10 Å². The van der Waals surface area contributed by atoms with Gasteiger partial charge in [-0.1, -0.05) is 20.3 Å². The second kappa shape index (κ2) is 6.89. The van der Waals surface area contributed by atoms with Crippen molar-refractivity contribution in [2.45, 2.75) is 26.4 Å². The number of alkyl halides is 1. The van der Waals surface area contributed by atoms with Gasteiger partial charge in [0.25, 0.3) is 0 Å². The fourth-order valence-electron chi connectivity index (χ4n) is 0.568. The fourth-order valence-corrected chi connectivity index (χ4v) is 0.657. The van der Waals surface area contributed by atoms with Crippen molar-refractivity contribution in [1.82, 2.24) is 0 Å². The molecule has 0 saturated carbocycles. The lowest BCUT2D eigenvalue weighted by Gasteiger charge is -2.11. The van der Waals surface area contributed by atoms with Crippen LogP contribution in [-0.2, 0) is 4.74 Å². The standard InChI is InChI=1S/C8H17ClO2/c1-3-7(2)5-11-6-8(10)4-9/h7-8,10H,3-6H2,1-2H3/t7-,8-/m1/s1. The van der Waals surface area contributed by atoms with Gasteiger partial charge in [0.1, 0.15) is 0 Å². The molecule has 11 heavy (non-hydrogen) atoms. The molecule has 3 heteroatoms. The summed E-state index contributed by atoms with van der Waals surface area (Å²) in [5, 5.41) is 8.99. The van der Waals surface area contributed by atoms with E-state index in [-0.39, 0.29) is 5.88 Å². The van der Waals surface area contributed by atoms with Crippen LogP contribution in [0, 0.1) is 5.92 Å². The van der Waals surface area contributed by atoms with Gasteiger partial charge in [-0.2, -0.15) is 0 Å². The monoisotopic (exact) mass is 180 g/mol. The number of rotatable bonds is 6. The van der Waals surface area contributed by atoms with Crippen LogP contribution >= 0.6 is 11.6 Å². The Bertz CT molecular complexity index is 78.2. The number of halogens is 1. The maximum atomic E-state index is 8.99. The zero-order valence-corrected chi connectivity index (χ0v) is 7.97. The number of aliphatic hydroxyl groups is 1. The van der Waals surface area contributed by atoms with Crippen molar-refractivity contribution in [3.8, 4) is 0 Å². The molecule has 0 aromatic heterocycles. The van der Waals surface area contributed by atoms with Crippen LogP contribution in [0.15, 0.2) is 0 Å². The van der Waals surface area contributed by atoms with Gasteiger partial charge >= 0.3 is 0 Å². The number of hydrogen-bond acceptors (Lipinski definition) is 2. The van der Waals surface area contributed by atoms with Crippen LogP contribution in [0.2, 0.25) is 0 Å². The van der Waals surface area contributed by atoms with Gasteiger partial charge in [0.2, 0.25) is 0 Å². The van der Waals surface area contributed by atoms with Crippen molar-refractivity contribution in [1.29, 1.82) is 0 Å². The summed E-state index contributed by atoms with van der Waals surface area (Å²) in [6, 6.07) is 0. The highest BCUT2D eigenvalue weighted by Crippen LogP contribution is 2.01. The predicted octanol–water partition coefficient (Wildman–Crippen LogP) is 1.65. The minimum atomic E-state index is -0.513. The third-order valence-electron chi connectivity index (χ3n) is 1.59. The average Bonchev–Trinajstić information content (AvgIpc) is 2.04. The lowest BCUT2D eigenvalue weighted by molar-refractivity contribution is 0.0328. The van der Waals surface area contributed by atoms with E-state index in [1.165, 1.54) is 0 Å². The minimum Gasteiger partial charge on any atom is -0.389 e. The third-order valence-corrected chi connectivity index (χ3v) is 1.94. The van der Waals surface area contributed by atoms with Crippen molar-refractivity contribution in [3.63, 3.8) is 0 Å². The van der Waals surface area contributed by atoms with Gasteiger partial charge in [0.05, 0.1) is 18.6 Å². The van der Waals surface area contributed by atoms with Gasteiger partial charge in [-0.05, 0) is 5.92 Å². The first-order valence-corrected chi connectivity index (χ1v) is 4.55. The summed E-state index contributed by atoms with van der Waals surface area (Å²) in [4.78, 5) is 0. The van der Waals surface area contributed by atoms with Crippen LogP contribution in [0.4, 0.5) is 0 Å². The zero-order valence-electron chi connectivity index (χ0n) is 7.22. The summed E-state index contributed by atoms with van der Waals surface area (Å²) >= 11 is 5.37. The van der Waals surface area contributed by atoms with Crippen molar-refractivity contribution < 1.29 is 9.84 Å². The van der Waals surface area contributed by atoms with Crippen LogP contribution in [0.1, 0.15) is 20.3 Å². The van der Waals surface area contributed by atoms with Gasteiger partial charge in [-0.25, -0.2) is 0 Å². The number of hydrogen-bond donors (Lipinski definition) is 1. The summed E-state index contributed by atoms with van der Waals surface area (Å²) in [5.41, 5.74) is 0. The molecule has 0 aromatic rings. The van der Waals surface area contributed by atoms with Crippen molar-refractivity contribution in [2.24, 2.45) is 5.92 Å². The summed E-state index contributed by atoms with van der Waals surface area (Å²) < 4.78 is 5.20. The second-order valence-electron chi connectivity index (χ2n) is 2.86. The van der Waals surface area contributed by atoms with Crippen molar-refractivity contribution >= 4 is 11.6 Å². The quantitative estimate of drug-likeness (QED) is 0.630. The Morgan fingerprint density at radius 2 is 2.09 bits per heavy atom. The van der Waals surface area contributed by atoms with Gasteiger partial charge < -0.3 is 9.84 Å². The summed E-state index contributed by atoms with van der Waals surface area (Å²) in [7, 11) is 0.